The quantitative estimate of drug-likeness (QED) is 0.259. The van der Waals surface area contributed by atoms with Gasteiger partial charge in [0.15, 0.2) is 0 Å². The SMILES string of the molecule is O=C(COC1CCC(Nc2ccc([N+](=O)[O-])cc2C(F)(F)F)CC1)N1CCN(c2ccc(C(F)(F)F)cc2)CC1. The van der Waals surface area contributed by atoms with Crippen LogP contribution in [0.25, 0.3) is 0 Å². The van der Waals surface area contributed by atoms with E-state index in [0.717, 1.165) is 24.3 Å². The van der Waals surface area contributed by atoms with Crippen molar-refractivity contribution >= 4 is 23.0 Å². The molecule has 0 aromatic heterocycles. The third kappa shape index (κ3) is 7.34. The average Bonchev–Trinajstić information content (AvgIpc) is 2.91. The summed E-state index contributed by atoms with van der Waals surface area (Å²) in [7, 11) is 0. The largest absolute Gasteiger partial charge is 0.418 e. The van der Waals surface area contributed by atoms with Crippen molar-refractivity contribution in [2.45, 2.75) is 50.2 Å². The van der Waals surface area contributed by atoms with E-state index in [1.54, 1.807) is 4.90 Å². The van der Waals surface area contributed by atoms with Crippen LogP contribution < -0.4 is 10.2 Å². The highest BCUT2D eigenvalue weighted by Gasteiger charge is 2.36. The van der Waals surface area contributed by atoms with Gasteiger partial charge in [-0.3, -0.25) is 14.9 Å². The summed E-state index contributed by atoms with van der Waals surface area (Å²) in [5.74, 6) is -0.201. The molecule has 1 N–H and O–H groups in total. The van der Waals surface area contributed by atoms with Crippen molar-refractivity contribution in [3.05, 3.63) is 63.7 Å². The number of halogens is 6. The van der Waals surface area contributed by atoms with E-state index in [1.807, 2.05) is 4.90 Å². The molecule has 8 nitrogen and oxygen atoms in total. The monoisotopic (exact) mass is 574 g/mol. The Kier molecular flexibility index (Phi) is 8.76. The molecular formula is C26H28F6N4O4. The Labute approximate surface area is 226 Å². The van der Waals surface area contributed by atoms with Crippen molar-refractivity contribution in [1.29, 1.82) is 0 Å². The highest BCUT2D eigenvalue weighted by Crippen LogP contribution is 2.38. The standard InChI is InChI=1S/C26H28F6N4O4/c27-25(28,29)17-1-5-19(6-2-17)34-11-13-35(14-12-34)24(37)16-40-21-8-3-18(4-9-21)33-23-10-7-20(36(38)39)15-22(23)26(30,31)32/h1-2,5-7,10,15,18,21,33H,3-4,8-9,11-14,16H2. The molecule has 2 aromatic rings. The van der Waals surface area contributed by atoms with E-state index in [4.69, 9.17) is 4.74 Å². The first-order chi connectivity index (χ1) is 18.8. The van der Waals surface area contributed by atoms with Crippen LogP contribution in [0, 0.1) is 10.1 Å². The predicted octanol–water partition coefficient (Wildman–Crippen LogP) is 5.72. The summed E-state index contributed by atoms with van der Waals surface area (Å²) in [6.07, 6.45) is -7.32. The molecule has 0 radical (unpaired) electrons. The second-order valence-electron chi connectivity index (χ2n) is 9.83. The molecular weight excluding hydrogens is 546 g/mol. The highest BCUT2D eigenvalue weighted by molar-refractivity contribution is 5.77. The summed E-state index contributed by atoms with van der Waals surface area (Å²) in [6.45, 7) is 1.60. The lowest BCUT2D eigenvalue weighted by atomic mass is 9.92. The molecule has 1 aliphatic heterocycles. The van der Waals surface area contributed by atoms with Gasteiger partial charge in [0.2, 0.25) is 5.91 Å². The Morgan fingerprint density at radius 1 is 0.925 bits per heavy atom. The van der Waals surface area contributed by atoms with Crippen LogP contribution in [-0.4, -0.2) is 60.7 Å². The summed E-state index contributed by atoms with van der Waals surface area (Å²) in [6, 6.07) is 7.24. The first kappa shape index (κ1) is 29.4. The van der Waals surface area contributed by atoms with Crippen molar-refractivity contribution < 1.29 is 40.8 Å². The van der Waals surface area contributed by atoms with Gasteiger partial charge >= 0.3 is 12.4 Å². The molecule has 1 heterocycles. The number of nitro benzene ring substituents is 1. The molecule has 1 saturated carbocycles. The molecule has 218 valence electrons. The second-order valence-corrected chi connectivity index (χ2v) is 9.83. The molecule has 14 heteroatoms. The van der Waals surface area contributed by atoms with Crippen molar-refractivity contribution in [2.24, 2.45) is 0 Å². The van der Waals surface area contributed by atoms with E-state index in [1.165, 1.54) is 12.1 Å². The fourth-order valence-corrected chi connectivity index (χ4v) is 4.96. The van der Waals surface area contributed by atoms with E-state index in [2.05, 4.69) is 5.32 Å². The maximum atomic E-state index is 13.4. The van der Waals surface area contributed by atoms with Crippen molar-refractivity contribution in [2.75, 3.05) is 43.0 Å². The second kappa shape index (κ2) is 11.9. The molecule has 40 heavy (non-hydrogen) atoms. The topological polar surface area (TPSA) is 87.9 Å². The van der Waals surface area contributed by atoms with E-state index in [-0.39, 0.29) is 30.3 Å². The number of anilines is 2. The normalized spacial score (nSPS) is 20.4. The van der Waals surface area contributed by atoms with Gasteiger partial charge in [0.25, 0.3) is 5.69 Å². The minimum atomic E-state index is -4.75. The summed E-state index contributed by atoms with van der Waals surface area (Å²) < 4.78 is 84.4. The summed E-state index contributed by atoms with van der Waals surface area (Å²) in [5.41, 5.74) is -2.01. The molecule has 0 spiro atoms. The molecule has 0 bridgehead atoms. The van der Waals surface area contributed by atoms with E-state index in [9.17, 15) is 41.3 Å². The molecule has 1 aliphatic carbocycles. The molecule has 2 aliphatic rings. The molecule has 1 saturated heterocycles. The Bertz CT molecular complexity index is 1190. The van der Waals surface area contributed by atoms with Crippen LogP contribution in [0.15, 0.2) is 42.5 Å². The number of nitrogens with zero attached hydrogens (tertiary/aromatic N) is 3. The zero-order valence-electron chi connectivity index (χ0n) is 21.3. The molecule has 0 unspecified atom stereocenters. The lowest BCUT2D eigenvalue weighted by Crippen LogP contribution is -2.50. The Morgan fingerprint density at radius 3 is 2.10 bits per heavy atom. The predicted molar refractivity (Wildman–Crippen MR) is 134 cm³/mol. The minimum Gasteiger partial charge on any atom is -0.382 e. The zero-order valence-corrected chi connectivity index (χ0v) is 21.3. The van der Waals surface area contributed by atoms with Crippen LogP contribution in [0.5, 0.6) is 0 Å². The van der Waals surface area contributed by atoms with Gasteiger partial charge in [-0.05, 0) is 56.0 Å². The van der Waals surface area contributed by atoms with Crippen LogP contribution >= 0.6 is 0 Å². The first-order valence-electron chi connectivity index (χ1n) is 12.7. The van der Waals surface area contributed by atoms with Gasteiger partial charge in [-0.25, -0.2) is 0 Å². The smallest absolute Gasteiger partial charge is 0.382 e. The van der Waals surface area contributed by atoms with Gasteiger partial charge in [0, 0.05) is 55.7 Å². The number of carbonyl (C=O) groups is 1. The van der Waals surface area contributed by atoms with Crippen LogP contribution in [0.2, 0.25) is 0 Å². The number of hydrogen-bond acceptors (Lipinski definition) is 6. The molecule has 1 amide bonds. The Hall–Kier alpha value is -3.55. The van der Waals surface area contributed by atoms with Gasteiger partial charge in [-0.15, -0.1) is 0 Å². The fraction of sp³-hybridized carbons (Fsp3) is 0.500. The Balaban J connectivity index is 1.20. The molecule has 2 aromatic carbocycles. The zero-order chi connectivity index (χ0) is 29.1. The number of alkyl halides is 6. The van der Waals surface area contributed by atoms with Crippen molar-refractivity contribution in [3.8, 4) is 0 Å². The van der Waals surface area contributed by atoms with Gasteiger partial charge in [0.05, 0.1) is 22.2 Å². The summed E-state index contributed by atoms with van der Waals surface area (Å²) in [5, 5.41) is 13.7. The van der Waals surface area contributed by atoms with Crippen LogP contribution in [-0.2, 0) is 21.9 Å². The van der Waals surface area contributed by atoms with Crippen LogP contribution in [0.4, 0.5) is 43.4 Å². The fourth-order valence-electron chi connectivity index (χ4n) is 4.96. The molecule has 4 rings (SSSR count). The number of benzene rings is 2. The number of carbonyl (C=O) groups excluding carboxylic acids is 1. The number of hydrogen-bond donors (Lipinski definition) is 1. The number of ether oxygens (including phenoxy) is 1. The van der Waals surface area contributed by atoms with Gasteiger partial charge in [0.1, 0.15) is 6.61 Å². The highest BCUT2D eigenvalue weighted by atomic mass is 19.4. The number of piperazine rings is 1. The summed E-state index contributed by atoms with van der Waals surface area (Å²) in [4.78, 5) is 26.2. The van der Waals surface area contributed by atoms with Crippen molar-refractivity contribution in [1.82, 2.24) is 4.90 Å². The van der Waals surface area contributed by atoms with Crippen LogP contribution in [0.3, 0.4) is 0 Å². The van der Waals surface area contributed by atoms with Crippen molar-refractivity contribution in [3.63, 3.8) is 0 Å². The number of rotatable bonds is 7. The first-order valence-corrected chi connectivity index (χ1v) is 12.7. The average molecular weight is 575 g/mol. The third-order valence-electron chi connectivity index (χ3n) is 7.19. The summed E-state index contributed by atoms with van der Waals surface area (Å²) >= 11 is 0. The third-order valence-corrected chi connectivity index (χ3v) is 7.19. The lowest BCUT2D eigenvalue weighted by molar-refractivity contribution is -0.385. The number of nitrogens with one attached hydrogen (secondary N) is 1. The molecule has 0 atom stereocenters. The number of non-ortho nitro benzene ring substituents is 1. The lowest BCUT2D eigenvalue weighted by Gasteiger charge is -2.36. The van der Waals surface area contributed by atoms with Gasteiger partial charge < -0.3 is 19.9 Å². The van der Waals surface area contributed by atoms with E-state index < -0.39 is 34.1 Å². The number of amides is 1. The van der Waals surface area contributed by atoms with Crippen LogP contribution in [0.1, 0.15) is 36.8 Å². The maximum Gasteiger partial charge on any atom is 0.418 e. The van der Waals surface area contributed by atoms with Gasteiger partial charge in [-0.1, -0.05) is 0 Å². The minimum absolute atomic E-state index is 0.135. The van der Waals surface area contributed by atoms with E-state index >= 15 is 0 Å². The number of nitro groups is 1. The maximum absolute atomic E-state index is 13.4. The van der Waals surface area contributed by atoms with E-state index in [0.29, 0.717) is 63.6 Å². The Morgan fingerprint density at radius 2 is 1.55 bits per heavy atom. The molecule has 2 fully saturated rings. The van der Waals surface area contributed by atoms with Gasteiger partial charge in [-0.2, -0.15) is 26.3 Å².